The maximum absolute atomic E-state index is 11.9. The van der Waals surface area contributed by atoms with Crippen molar-refractivity contribution in [1.82, 2.24) is 19.9 Å². The number of aromatic amines is 1. The number of nitrogens with one attached hydrogen (secondary N) is 2. The lowest BCUT2D eigenvalue weighted by molar-refractivity contribution is -0.133. The Balaban J connectivity index is 1.81. The van der Waals surface area contributed by atoms with E-state index in [1.165, 1.54) is 12.4 Å². The molecule has 1 amide bonds. The first-order valence-corrected chi connectivity index (χ1v) is 7.26. The monoisotopic (exact) mass is 301 g/mol. The molecule has 116 valence electrons. The van der Waals surface area contributed by atoms with Gasteiger partial charge in [0.1, 0.15) is 17.8 Å². The Kier molecular flexibility index (Phi) is 3.81. The van der Waals surface area contributed by atoms with Gasteiger partial charge in [-0.1, -0.05) is 6.58 Å². The maximum Gasteiger partial charge on any atom is 0.246 e. The van der Waals surface area contributed by atoms with Crippen LogP contribution in [0.2, 0.25) is 0 Å². The highest BCUT2D eigenvalue weighted by atomic mass is 16.3. The normalized spacial score (nSPS) is 25.2. The summed E-state index contributed by atoms with van der Waals surface area (Å²) >= 11 is 0. The fraction of sp³-hybridized carbons (Fsp3) is 0.400. The average molecular weight is 301 g/mol. The SMILES string of the molecule is C=CC(=O)N1C[C@H](Nc2ncnc3[nH]ccc23)CC(O)[C@@H]1C. The highest BCUT2D eigenvalue weighted by Gasteiger charge is 2.34. The van der Waals surface area contributed by atoms with Crippen molar-refractivity contribution in [1.29, 1.82) is 0 Å². The molecule has 0 radical (unpaired) electrons. The molecule has 1 fully saturated rings. The fourth-order valence-electron chi connectivity index (χ4n) is 2.87. The number of nitrogens with zero attached hydrogens (tertiary/aromatic N) is 3. The molecule has 3 N–H and O–H groups in total. The molecule has 7 nitrogen and oxygen atoms in total. The van der Waals surface area contributed by atoms with Crippen molar-refractivity contribution < 1.29 is 9.90 Å². The number of hydrogen-bond donors (Lipinski definition) is 3. The zero-order chi connectivity index (χ0) is 15.7. The van der Waals surface area contributed by atoms with Crippen LogP contribution < -0.4 is 5.32 Å². The summed E-state index contributed by atoms with van der Waals surface area (Å²) in [7, 11) is 0. The summed E-state index contributed by atoms with van der Waals surface area (Å²) in [5.74, 6) is 0.525. The molecule has 0 spiro atoms. The largest absolute Gasteiger partial charge is 0.391 e. The van der Waals surface area contributed by atoms with Crippen LogP contribution >= 0.6 is 0 Å². The Bertz CT molecular complexity index is 698. The molecule has 22 heavy (non-hydrogen) atoms. The van der Waals surface area contributed by atoms with E-state index in [9.17, 15) is 9.90 Å². The Morgan fingerprint density at radius 1 is 1.59 bits per heavy atom. The van der Waals surface area contributed by atoms with E-state index in [0.717, 1.165) is 11.0 Å². The highest BCUT2D eigenvalue weighted by Crippen LogP contribution is 2.24. The summed E-state index contributed by atoms with van der Waals surface area (Å²) in [4.78, 5) is 25.0. The van der Waals surface area contributed by atoms with E-state index < -0.39 is 6.10 Å². The van der Waals surface area contributed by atoms with E-state index in [4.69, 9.17) is 0 Å². The number of rotatable bonds is 3. The van der Waals surface area contributed by atoms with Gasteiger partial charge in [0, 0.05) is 18.8 Å². The first-order chi connectivity index (χ1) is 10.6. The van der Waals surface area contributed by atoms with Gasteiger partial charge in [0.15, 0.2) is 0 Å². The van der Waals surface area contributed by atoms with Crippen molar-refractivity contribution >= 4 is 22.8 Å². The zero-order valence-electron chi connectivity index (χ0n) is 12.4. The second-order valence-corrected chi connectivity index (χ2v) is 5.54. The minimum Gasteiger partial charge on any atom is -0.391 e. The van der Waals surface area contributed by atoms with Crippen LogP contribution in [0.15, 0.2) is 31.2 Å². The summed E-state index contributed by atoms with van der Waals surface area (Å²) in [6.07, 6.45) is 4.53. The Hall–Kier alpha value is -2.41. The third-order valence-electron chi connectivity index (χ3n) is 4.14. The molecule has 2 aromatic heterocycles. The quantitative estimate of drug-likeness (QED) is 0.733. The van der Waals surface area contributed by atoms with Crippen molar-refractivity contribution in [2.75, 3.05) is 11.9 Å². The van der Waals surface area contributed by atoms with Gasteiger partial charge in [0.2, 0.25) is 5.91 Å². The summed E-state index contributed by atoms with van der Waals surface area (Å²) in [5, 5.41) is 14.4. The number of amides is 1. The molecule has 0 aliphatic carbocycles. The third kappa shape index (κ3) is 2.55. The average Bonchev–Trinajstić information content (AvgIpc) is 2.99. The predicted octanol–water partition coefficient (Wildman–Crippen LogP) is 0.906. The molecule has 1 unspecified atom stereocenters. The number of fused-ring (bicyclic) bond motifs is 1. The smallest absolute Gasteiger partial charge is 0.246 e. The van der Waals surface area contributed by atoms with Gasteiger partial charge < -0.3 is 20.3 Å². The molecule has 1 saturated heterocycles. The van der Waals surface area contributed by atoms with Gasteiger partial charge in [0.25, 0.3) is 0 Å². The number of piperidine rings is 1. The van der Waals surface area contributed by atoms with Gasteiger partial charge in [-0.15, -0.1) is 0 Å². The van der Waals surface area contributed by atoms with Crippen molar-refractivity contribution in [2.24, 2.45) is 0 Å². The van der Waals surface area contributed by atoms with Crippen LogP contribution in [-0.4, -0.2) is 55.6 Å². The molecular weight excluding hydrogens is 282 g/mol. The van der Waals surface area contributed by atoms with Crippen LogP contribution in [-0.2, 0) is 4.79 Å². The topological polar surface area (TPSA) is 94.1 Å². The minimum atomic E-state index is -0.585. The number of carbonyl (C=O) groups is 1. The second kappa shape index (κ2) is 5.76. The highest BCUT2D eigenvalue weighted by molar-refractivity contribution is 5.88. The van der Waals surface area contributed by atoms with Gasteiger partial charge in [0.05, 0.1) is 17.5 Å². The van der Waals surface area contributed by atoms with Gasteiger partial charge in [-0.3, -0.25) is 4.79 Å². The number of anilines is 1. The predicted molar refractivity (Wildman–Crippen MR) is 83.3 cm³/mol. The number of aromatic nitrogens is 3. The van der Waals surface area contributed by atoms with Crippen molar-refractivity contribution in [3.8, 4) is 0 Å². The molecule has 0 saturated carbocycles. The van der Waals surface area contributed by atoms with Crippen LogP contribution in [0.3, 0.4) is 0 Å². The van der Waals surface area contributed by atoms with Crippen LogP contribution in [0.25, 0.3) is 11.0 Å². The number of hydrogen-bond acceptors (Lipinski definition) is 5. The molecule has 3 atom stereocenters. The van der Waals surface area contributed by atoms with Crippen LogP contribution in [0.5, 0.6) is 0 Å². The Morgan fingerprint density at radius 2 is 2.41 bits per heavy atom. The number of carbonyl (C=O) groups excluding carboxylic acids is 1. The molecule has 1 aliphatic heterocycles. The second-order valence-electron chi connectivity index (χ2n) is 5.54. The van der Waals surface area contributed by atoms with E-state index in [1.54, 1.807) is 11.1 Å². The van der Waals surface area contributed by atoms with E-state index in [-0.39, 0.29) is 18.0 Å². The third-order valence-corrected chi connectivity index (χ3v) is 4.14. The van der Waals surface area contributed by atoms with Crippen LogP contribution in [0.1, 0.15) is 13.3 Å². The summed E-state index contributed by atoms with van der Waals surface area (Å²) in [6.45, 7) is 5.86. The first-order valence-electron chi connectivity index (χ1n) is 7.26. The van der Waals surface area contributed by atoms with E-state index in [1.807, 2.05) is 13.0 Å². The lowest BCUT2D eigenvalue weighted by Gasteiger charge is -2.41. The Morgan fingerprint density at radius 3 is 3.18 bits per heavy atom. The fourth-order valence-corrected chi connectivity index (χ4v) is 2.87. The number of H-pyrrole nitrogens is 1. The molecule has 2 aromatic rings. The minimum absolute atomic E-state index is 0.0805. The number of aliphatic hydroxyl groups is 1. The lowest BCUT2D eigenvalue weighted by Crippen LogP contribution is -2.55. The summed E-state index contributed by atoms with van der Waals surface area (Å²) in [6, 6.07) is 1.59. The number of aliphatic hydroxyl groups excluding tert-OH is 1. The van der Waals surface area contributed by atoms with Gasteiger partial charge in [-0.25, -0.2) is 9.97 Å². The maximum atomic E-state index is 11.9. The molecular formula is C15H19N5O2. The van der Waals surface area contributed by atoms with E-state index in [0.29, 0.717) is 18.8 Å². The van der Waals surface area contributed by atoms with Gasteiger partial charge >= 0.3 is 0 Å². The van der Waals surface area contributed by atoms with Crippen molar-refractivity contribution in [3.05, 3.63) is 31.2 Å². The van der Waals surface area contributed by atoms with E-state index in [2.05, 4.69) is 26.8 Å². The summed E-state index contributed by atoms with van der Waals surface area (Å²) in [5.41, 5.74) is 0.751. The van der Waals surface area contributed by atoms with Gasteiger partial charge in [-0.05, 0) is 25.5 Å². The standard InChI is InChI=1S/C15H19N5O2/c1-3-13(22)20-7-10(6-12(21)9(20)2)19-15-11-4-5-16-14(11)17-8-18-15/h3-5,8-10,12,21H,1,6-7H2,2H3,(H2,16,17,18,19)/t9-,10+,12?/m0/s1. The molecule has 0 bridgehead atoms. The summed E-state index contributed by atoms with van der Waals surface area (Å²) < 4.78 is 0. The number of likely N-dealkylation sites (tertiary alicyclic amines) is 1. The van der Waals surface area contributed by atoms with Crippen molar-refractivity contribution in [3.63, 3.8) is 0 Å². The van der Waals surface area contributed by atoms with Crippen LogP contribution in [0, 0.1) is 0 Å². The first kappa shape index (κ1) is 14.5. The van der Waals surface area contributed by atoms with Gasteiger partial charge in [-0.2, -0.15) is 0 Å². The lowest BCUT2D eigenvalue weighted by atomic mass is 9.96. The Labute approximate surface area is 128 Å². The molecule has 1 aliphatic rings. The molecule has 3 rings (SSSR count). The molecule has 3 heterocycles. The van der Waals surface area contributed by atoms with E-state index >= 15 is 0 Å². The van der Waals surface area contributed by atoms with Crippen molar-refractivity contribution in [2.45, 2.75) is 31.5 Å². The van der Waals surface area contributed by atoms with Crippen LogP contribution in [0.4, 0.5) is 5.82 Å². The molecule has 0 aromatic carbocycles. The zero-order valence-corrected chi connectivity index (χ0v) is 12.4. The molecule has 7 heteroatoms.